The molecule has 21 heavy (non-hydrogen) atoms. The van der Waals surface area contributed by atoms with Crippen LogP contribution >= 0.6 is 15.9 Å². The minimum atomic E-state index is -1.00. The summed E-state index contributed by atoms with van der Waals surface area (Å²) in [4.78, 5) is 4.05. The van der Waals surface area contributed by atoms with Gasteiger partial charge in [0.05, 0.1) is 6.07 Å². The molecule has 1 aromatic carbocycles. The topological polar surface area (TPSA) is 66.1 Å². The number of nitrogens with zero attached hydrogens (tertiary/aromatic N) is 2. The van der Waals surface area contributed by atoms with Gasteiger partial charge in [-0.3, -0.25) is 4.98 Å². The number of rotatable bonds is 2. The van der Waals surface area contributed by atoms with Crippen molar-refractivity contribution in [2.24, 2.45) is 5.41 Å². The Bertz CT molecular complexity index is 713. The Morgan fingerprint density at radius 1 is 1.38 bits per heavy atom. The van der Waals surface area contributed by atoms with Gasteiger partial charge in [-0.2, -0.15) is 5.26 Å². The Morgan fingerprint density at radius 3 is 2.95 bits per heavy atom. The lowest BCUT2D eigenvalue weighted by molar-refractivity contribution is 0.0169. The zero-order valence-corrected chi connectivity index (χ0v) is 12.7. The summed E-state index contributed by atoms with van der Waals surface area (Å²) in [5.41, 5.74) is 0.540. The number of para-hydroxylation sites is 1. The van der Waals surface area contributed by atoms with Gasteiger partial charge in [0, 0.05) is 28.9 Å². The van der Waals surface area contributed by atoms with E-state index in [-0.39, 0.29) is 6.61 Å². The molecule has 2 atom stereocenters. The molecule has 0 aliphatic carbocycles. The van der Waals surface area contributed by atoms with Gasteiger partial charge in [-0.15, -0.1) is 0 Å². The summed E-state index contributed by atoms with van der Waals surface area (Å²) in [6.07, 6.45) is 2.71. The van der Waals surface area contributed by atoms with Crippen molar-refractivity contribution in [2.45, 2.75) is 12.5 Å². The maximum absolute atomic E-state index is 10.7. The molecule has 2 heterocycles. The van der Waals surface area contributed by atoms with Gasteiger partial charge in [-0.1, -0.05) is 18.2 Å². The highest BCUT2D eigenvalue weighted by Crippen LogP contribution is 2.42. The van der Waals surface area contributed by atoms with E-state index in [1.807, 2.05) is 24.3 Å². The van der Waals surface area contributed by atoms with Gasteiger partial charge in [0.1, 0.15) is 23.9 Å². The minimum absolute atomic E-state index is 0.161. The highest BCUT2D eigenvalue weighted by molar-refractivity contribution is 9.10. The van der Waals surface area contributed by atoms with Crippen molar-refractivity contribution in [1.82, 2.24) is 4.98 Å². The summed E-state index contributed by atoms with van der Waals surface area (Å²) >= 11 is 3.33. The van der Waals surface area contributed by atoms with Crippen molar-refractivity contribution in [2.75, 3.05) is 6.61 Å². The molecular formula is C16H13BrN2O2. The molecule has 106 valence electrons. The number of pyridine rings is 1. The summed E-state index contributed by atoms with van der Waals surface area (Å²) < 4.78 is 6.46. The molecule has 0 saturated carbocycles. The van der Waals surface area contributed by atoms with Crippen LogP contribution in [0, 0.1) is 16.7 Å². The van der Waals surface area contributed by atoms with Crippen LogP contribution < -0.4 is 4.74 Å². The van der Waals surface area contributed by atoms with Crippen LogP contribution in [0.3, 0.4) is 0 Å². The van der Waals surface area contributed by atoms with Crippen LogP contribution in [0.5, 0.6) is 5.75 Å². The number of aliphatic hydroxyl groups excluding tert-OH is 1. The molecule has 0 bridgehead atoms. The molecule has 0 amide bonds. The predicted molar refractivity (Wildman–Crippen MR) is 80.6 cm³/mol. The first-order valence-electron chi connectivity index (χ1n) is 6.55. The van der Waals surface area contributed by atoms with Crippen LogP contribution in [0.2, 0.25) is 0 Å². The van der Waals surface area contributed by atoms with E-state index in [1.165, 1.54) is 0 Å². The first-order valence-corrected chi connectivity index (χ1v) is 7.34. The van der Waals surface area contributed by atoms with Crippen molar-refractivity contribution in [1.29, 1.82) is 5.26 Å². The standard InChI is InChI=1S/C16H13BrN2O2/c17-13-5-12(7-19-8-13)15(20)16(9-18)6-11-3-1-2-4-14(11)21-10-16/h1-5,7-8,15,20H,6,10H2. The number of nitriles is 1. The smallest absolute Gasteiger partial charge is 0.125 e. The second-order valence-electron chi connectivity index (χ2n) is 5.18. The summed E-state index contributed by atoms with van der Waals surface area (Å²) in [5, 5.41) is 20.3. The van der Waals surface area contributed by atoms with Gasteiger partial charge in [-0.05, 0) is 33.6 Å². The third kappa shape index (κ3) is 2.53. The van der Waals surface area contributed by atoms with Gasteiger partial charge >= 0.3 is 0 Å². The molecule has 0 spiro atoms. The van der Waals surface area contributed by atoms with Crippen LogP contribution in [-0.4, -0.2) is 16.7 Å². The Hall–Kier alpha value is -1.90. The van der Waals surface area contributed by atoms with Gasteiger partial charge in [-0.25, -0.2) is 0 Å². The van der Waals surface area contributed by atoms with Crippen LogP contribution in [0.4, 0.5) is 0 Å². The third-order valence-electron chi connectivity index (χ3n) is 3.75. The molecule has 1 aliphatic heterocycles. The number of aliphatic hydroxyl groups is 1. The van der Waals surface area contributed by atoms with Crippen LogP contribution in [0.1, 0.15) is 17.2 Å². The van der Waals surface area contributed by atoms with Crippen LogP contribution in [0.25, 0.3) is 0 Å². The molecule has 0 saturated heterocycles. The van der Waals surface area contributed by atoms with Gasteiger partial charge in [0.2, 0.25) is 0 Å². The minimum Gasteiger partial charge on any atom is -0.492 e. The fourth-order valence-electron chi connectivity index (χ4n) is 2.59. The quantitative estimate of drug-likeness (QED) is 0.909. The maximum Gasteiger partial charge on any atom is 0.125 e. The summed E-state index contributed by atoms with van der Waals surface area (Å²) in [5.74, 6) is 0.781. The van der Waals surface area contributed by atoms with E-state index < -0.39 is 11.5 Å². The average Bonchev–Trinajstić information content (AvgIpc) is 2.53. The molecule has 5 heteroatoms. The number of fused-ring (bicyclic) bond motifs is 1. The molecule has 2 aromatic rings. The molecule has 1 aromatic heterocycles. The zero-order valence-electron chi connectivity index (χ0n) is 11.2. The molecule has 0 radical (unpaired) electrons. The number of ether oxygens (including phenoxy) is 1. The second-order valence-corrected chi connectivity index (χ2v) is 6.10. The lowest BCUT2D eigenvalue weighted by atomic mass is 9.75. The van der Waals surface area contributed by atoms with Crippen molar-refractivity contribution >= 4 is 15.9 Å². The molecule has 1 N–H and O–H groups in total. The highest BCUT2D eigenvalue weighted by atomic mass is 79.9. The Morgan fingerprint density at radius 2 is 2.19 bits per heavy atom. The van der Waals surface area contributed by atoms with Crippen molar-refractivity contribution in [3.05, 3.63) is 58.3 Å². The lowest BCUT2D eigenvalue weighted by Crippen LogP contribution is -2.39. The van der Waals surface area contributed by atoms with E-state index in [0.717, 1.165) is 15.8 Å². The summed E-state index contributed by atoms with van der Waals surface area (Å²) in [6.45, 7) is 0.161. The Labute approximate surface area is 131 Å². The highest BCUT2D eigenvalue weighted by Gasteiger charge is 2.43. The lowest BCUT2D eigenvalue weighted by Gasteiger charge is -2.36. The second kappa shape index (κ2) is 5.47. The molecule has 3 rings (SSSR count). The van der Waals surface area contributed by atoms with Gasteiger partial charge in [0.15, 0.2) is 0 Å². The first kappa shape index (κ1) is 14.1. The number of aromatic nitrogens is 1. The monoisotopic (exact) mass is 344 g/mol. The maximum atomic E-state index is 10.7. The SMILES string of the molecule is N#CC1(C(O)c2cncc(Br)c2)COc2ccccc2C1. The van der Waals surface area contributed by atoms with Gasteiger partial charge in [0.25, 0.3) is 0 Å². The normalized spacial score (nSPS) is 21.8. The van der Waals surface area contributed by atoms with E-state index >= 15 is 0 Å². The predicted octanol–water partition coefficient (Wildman–Crippen LogP) is 3.02. The fourth-order valence-corrected chi connectivity index (χ4v) is 2.98. The van der Waals surface area contributed by atoms with Crippen molar-refractivity contribution in [3.63, 3.8) is 0 Å². The first-order chi connectivity index (χ1) is 10.1. The summed E-state index contributed by atoms with van der Waals surface area (Å²) in [7, 11) is 0. The van der Waals surface area contributed by atoms with Crippen molar-refractivity contribution in [3.8, 4) is 11.8 Å². The number of hydrogen-bond acceptors (Lipinski definition) is 4. The molecule has 0 fully saturated rings. The fraction of sp³-hybridized carbons (Fsp3) is 0.250. The van der Waals surface area contributed by atoms with E-state index in [4.69, 9.17) is 4.74 Å². The third-order valence-corrected chi connectivity index (χ3v) is 4.19. The molecule has 2 unspecified atom stereocenters. The van der Waals surface area contributed by atoms with E-state index in [0.29, 0.717) is 12.0 Å². The Balaban J connectivity index is 1.97. The summed E-state index contributed by atoms with van der Waals surface area (Å²) in [6, 6.07) is 11.6. The van der Waals surface area contributed by atoms with Crippen LogP contribution in [-0.2, 0) is 6.42 Å². The molecule has 1 aliphatic rings. The largest absolute Gasteiger partial charge is 0.492 e. The van der Waals surface area contributed by atoms with Crippen LogP contribution in [0.15, 0.2) is 47.2 Å². The number of hydrogen-bond donors (Lipinski definition) is 1. The van der Waals surface area contributed by atoms with E-state index in [1.54, 1.807) is 18.5 Å². The van der Waals surface area contributed by atoms with E-state index in [2.05, 4.69) is 27.0 Å². The zero-order chi connectivity index (χ0) is 14.9. The molecule has 4 nitrogen and oxygen atoms in total. The number of halogens is 1. The van der Waals surface area contributed by atoms with E-state index in [9.17, 15) is 10.4 Å². The number of benzene rings is 1. The Kier molecular flexibility index (Phi) is 3.66. The molecular weight excluding hydrogens is 332 g/mol. The average molecular weight is 345 g/mol. The van der Waals surface area contributed by atoms with Crippen molar-refractivity contribution < 1.29 is 9.84 Å². The van der Waals surface area contributed by atoms with Gasteiger partial charge < -0.3 is 9.84 Å².